The molecule has 1 aliphatic carbocycles. The summed E-state index contributed by atoms with van der Waals surface area (Å²) in [5.41, 5.74) is 0.623. The van der Waals surface area contributed by atoms with Crippen molar-refractivity contribution < 1.29 is 9.90 Å². The van der Waals surface area contributed by atoms with Crippen molar-refractivity contribution in [1.82, 2.24) is 9.13 Å². The molecule has 1 aromatic carbocycles. The monoisotopic (exact) mass is 358 g/mol. The number of fused-ring (bicyclic) bond motifs is 1. The van der Waals surface area contributed by atoms with Gasteiger partial charge in [0.25, 0.3) is 5.56 Å². The van der Waals surface area contributed by atoms with E-state index in [2.05, 4.69) is 0 Å². The quantitative estimate of drug-likeness (QED) is 0.816. The fourth-order valence-corrected chi connectivity index (χ4v) is 3.22. The van der Waals surface area contributed by atoms with Gasteiger partial charge in [0.1, 0.15) is 0 Å². The number of benzene rings is 1. The van der Waals surface area contributed by atoms with E-state index in [4.69, 9.17) is 16.7 Å². The van der Waals surface area contributed by atoms with Crippen LogP contribution >= 0.6 is 11.6 Å². The summed E-state index contributed by atoms with van der Waals surface area (Å²) in [5, 5.41) is 9.23. The molecule has 1 N–H and O–H groups in total. The van der Waals surface area contributed by atoms with Gasteiger partial charge in [-0.25, -0.2) is 14.2 Å². The second-order valence-electron chi connectivity index (χ2n) is 5.58. The van der Waals surface area contributed by atoms with Crippen LogP contribution in [0.25, 0.3) is 5.69 Å². The topological polar surface area (TPSA) is 81.3 Å². The Morgan fingerprint density at radius 1 is 1.21 bits per heavy atom. The number of nitrogens with zero attached hydrogens (tertiary/aromatic N) is 2. The maximum atomic E-state index is 12.7. The number of aromatic nitrogens is 2. The molecule has 2 aromatic rings. The predicted molar refractivity (Wildman–Crippen MR) is 93.0 cm³/mol. The molecular weight excluding hydrogens is 343 g/mol. The molecule has 6 nitrogen and oxygen atoms in total. The molecule has 0 unspecified atom stereocenters. The Morgan fingerprint density at radius 3 is 2.54 bits per heavy atom. The first-order valence-electron chi connectivity index (χ1n) is 7.29. The third-order valence-corrected chi connectivity index (χ3v) is 4.55. The minimum atomic E-state index is -1.21. The van der Waals surface area contributed by atoms with E-state index < -0.39 is 11.7 Å². The van der Waals surface area contributed by atoms with Crippen LogP contribution in [0, 0.1) is 0 Å². The zero-order valence-corrected chi connectivity index (χ0v) is 13.3. The Bertz CT molecular complexity index is 933. The summed E-state index contributed by atoms with van der Waals surface area (Å²) >= 11 is 5.85. The Morgan fingerprint density at radius 2 is 1.88 bits per heavy atom. The molecule has 1 heterocycles. The summed E-state index contributed by atoms with van der Waals surface area (Å²) in [7, 11) is 1.64. The number of halogens is 1. The van der Waals surface area contributed by atoms with Crippen molar-refractivity contribution in [2.45, 2.75) is 25.7 Å². The summed E-state index contributed by atoms with van der Waals surface area (Å²) in [6.07, 6.45) is 3.19. The zero-order valence-electron chi connectivity index (χ0n) is 12.5. The fraction of sp³-hybridized carbons (Fsp3) is 0.312. The maximum absolute atomic E-state index is 12.7. The number of carboxylic acid groups (broad SMARTS) is 1. The van der Waals surface area contributed by atoms with Gasteiger partial charge in [-0.2, -0.15) is 0 Å². The van der Waals surface area contributed by atoms with Crippen LogP contribution in [-0.2, 0) is 19.9 Å². The van der Waals surface area contributed by atoms with Crippen LogP contribution in [0.2, 0.25) is 5.02 Å². The molecule has 122 valence electrons. The van der Waals surface area contributed by atoms with E-state index in [1.807, 2.05) is 0 Å². The molecule has 0 saturated heterocycles. The first kappa shape index (κ1) is 19.0. The van der Waals surface area contributed by atoms with Gasteiger partial charge < -0.3 is 9.67 Å². The van der Waals surface area contributed by atoms with Crippen molar-refractivity contribution in [3.8, 4) is 5.69 Å². The van der Waals surface area contributed by atoms with Gasteiger partial charge in [0.2, 0.25) is 0 Å². The van der Waals surface area contributed by atoms with Gasteiger partial charge in [0.05, 0.1) is 16.3 Å². The van der Waals surface area contributed by atoms with E-state index in [0.29, 0.717) is 18.4 Å². The molecule has 1 aromatic heterocycles. The summed E-state index contributed by atoms with van der Waals surface area (Å²) in [6, 6.07) is 4.11. The van der Waals surface area contributed by atoms with Gasteiger partial charge in [-0.15, -0.1) is 0 Å². The third kappa shape index (κ3) is 3.11. The van der Waals surface area contributed by atoms with E-state index in [9.17, 15) is 14.4 Å². The van der Waals surface area contributed by atoms with Gasteiger partial charge >= 0.3 is 41.2 Å². The minimum absolute atomic E-state index is 0. The van der Waals surface area contributed by atoms with Crippen LogP contribution in [0.3, 0.4) is 0 Å². The molecule has 0 bridgehead atoms. The van der Waals surface area contributed by atoms with Crippen molar-refractivity contribution in [1.29, 1.82) is 0 Å². The van der Waals surface area contributed by atoms with Crippen LogP contribution < -0.4 is 11.2 Å². The van der Waals surface area contributed by atoms with E-state index in [-0.39, 0.29) is 51.4 Å². The molecular formula is C16H16ClN2NaO4. The molecule has 0 atom stereocenters. The Kier molecular flexibility index (Phi) is 5.75. The molecule has 3 rings (SSSR count). The van der Waals surface area contributed by atoms with Crippen LogP contribution in [0.1, 0.15) is 34.5 Å². The molecule has 24 heavy (non-hydrogen) atoms. The Labute approximate surface area is 165 Å². The SMILES string of the molecule is Cn1c2c(c(=O)n(-c3ccc(Cl)c(C(=O)O)c3)c1=O)CCCC2.[NaH]. The average Bonchev–Trinajstić information content (AvgIpc) is 2.54. The number of hydrogen-bond donors (Lipinski definition) is 1. The standard InChI is InChI=1S/C16H15ClN2O4.Na.H/c1-18-13-5-3-2-4-10(13)14(20)19(16(18)23)9-6-7-12(17)11(8-9)15(21)22;;/h6-8H,2-5H2,1H3,(H,21,22);;. The number of carboxylic acids is 1. The average molecular weight is 359 g/mol. The molecule has 0 radical (unpaired) electrons. The Balaban J connectivity index is 0.00000208. The summed E-state index contributed by atoms with van der Waals surface area (Å²) in [6.45, 7) is 0. The molecule has 0 saturated carbocycles. The molecule has 8 heteroatoms. The summed E-state index contributed by atoms with van der Waals surface area (Å²) in [5.74, 6) is -1.21. The van der Waals surface area contributed by atoms with Crippen LogP contribution in [0.15, 0.2) is 27.8 Å². The normalized spacial score (nSPS) is 13.1. The van der Waals surface area contributed by atoms with Gasteiger partial charge in [-0.3, -0.25) is 4.79 Å². The Hall–Kier alpha value is -1.34. The summed E-state index contributed by atoms with van der Waals surface area (Å²) in [4.78, 5) is 36.5. The fourth-order valence-electron chi connectivity index (χ4n) is 3.02. The third-order valence-electron chi connectivity index (χ3n) is 4.22. The van der Waals surface area contributed by atoms with Gasteiger partial charge in [0.15, 0.2) is 0 Å². The van der Waals surface area contributed by atoms with Crippen molar-refractivity contribution in [2.24, 2.45) is 7.05 Å². The first-order valence-corrected chi connectivity index (χ1v) is 7.66. The van der Waals surface area contributed by atoms with E-state index in [1.54, 1.807) is 7.05 Å². The number of carbonyl (C=O) groups is 1. The molecule has 0 fully saturated rings. The second-order valence-corrected chi connectivity index (χ2v) is 5.99. The molecule has 0 spiro atoms. The number of hydrogen-bond acceptors (Lipinski definition) is 3. The van der Waals surface area contributed by atoms with Crippen molar-refractivity contribution in [2.75, 3.05) is 0 Å². The van der Waals surface area contributed by atoms with Crippen molar-refractivity contribution >= 4 is 47.1 Å². The number of aromatic carboxylic acids is 1. The number of rotatable bonds is 2. The second kappa shape index (κ2) is 7.27. The van der Waals surface area contributed by atoms with E-state index in [1.165, 1.54) is 22.8 Å². The van der Waals surface area contributed by atoms with E-state index >= 15 is 0 Å². The zero-order chi connectivity index (χ0) is 16.7. The predicted octanol–water partition coefficient (Wildman–Crippen LogP) is 1.12. The molecule has 0 amide bonds. The molecule has 0 aliphatic heterocycles. The summed E-state index contributed by atoms with van der Waals surface area (Å²) < 4.78 is 2.50. The first-order chi connectivity index (χ1) is 10.9. The van der Waals surface area contributed by atoms with Crippen LogP contribution in [0.5, 0.6) is 0 Å². The van der Waals surface area contributed by atoms with Crippen LogP contribution in [-0.4, -0.2) is 49.8 Å². The van der Waals surface area contributed by atoms with Crippen LogP contribution in [0.4, 0.5) is 0 Å². The van der Waals surface area contributed by atoms with Crippen molar-refractivity contribution in [3.05, 3.63) is 60.9 Å². The van der Waals surface area contributed by atoms with Crippen molar-refractivity contribution in [3.63, 3.8) is 0 Å². The van der Waals surface area contributed by atoms with Gasteiger partial charge in [-0.05, 0) is 43.9 Å². The van der Waals surface area contributed by atoms with Gasteiger partial charge in [0, 0.05) is 18.3 Å². The van der Waals surface area contributed by atoms with Gasteiger partial charge in [-0.1, -0.05) is 11.6 Å². The molecule has 1 aliphatic rings. The van der Waals surface area contributed by atoms with E-state index in [0.717, 1.165) is 23.1 Å².